The van der Waals surface area contributed by atoms with Gasteiger partial charge in [0.15, 0.2) is 0 Å². The largest absolute Gasteiger partial charge is 0.223 e. The third-order valence-electron chi connectivity index (χ3n) is 3.90. The number of nitrogens with zero attached hydrogens (tertiary/aromatic N) is 2. The maximum absolute atomic E-state index is 6.11. The highest BCUT2D eigenvalue weighted by Crippen LogP contribution is 2.38. The Morgan fingerprint density at radius 3 is 2.80 bits per heavy atom. The average molecular weight is 285 g/mol. The van der Waals surface area contributed by atoms with E-state index in [0.717, 1.165) is 37.1 Å². The van der Waals surface area contributed by atoms with Crippen molar-refractivity contribution in [3.05, 3.63) is 70.8 Å². The lowest BCUT2D eigenvalue weighted by Crippen LogP contribution is -2.04. The second-order valence-electron chi connectivity index (χ2n) is 5.13. The molecular weight excluding hydrogens is 268 g/mol. The quantitative estimate of drug-likeness (QED) is 0.617. The van der Waals surface area contributed by atoms with Crippen LogP contribution >= 0.6 is 11.6 Å². The molecule has 1 atom stereocenters. The molecule has 3 rings (SSSR count). The Morgan fingerprint density at radius 2 is 2.05 bits per heavy atom. The fourth-order valence-corrected chi connectivity index (χ4v) is 3.15. The third kappa shape index (κ3) is 2.48. The zero-order valence-electron chi connectivity index (χ0n) is 11.3. The predicted molar refractivity (Wildman–Crippen MR) is 82.2 cm³/mol. The molecule has 2 aromatic rings. The molecular formula is C17H17ClN2. The summed E-state index contributed by atoms with van der Waals surface area (Å²) in [5, 5.41) is 0.366. The fourth-order valence-electron chi connectivity index (χ4n) is 2.96. The van der Waals surface area contributed by atoms with Gasteiger partial charge in [-0.3, -0.25) is 0 Å². The van der Waals surface area contributed by atoms with Gasteiger partial charge in [-0.2, -0.15) is 0 Å². The van der Waals surface area contributed by atoms with Crippen molar-refractivity contribution >= 4 is 11.6 Å². The number of rotatable bonds is 4. The maximum Gasteiger partial charge on any atom is 0.222 e. The maximum atomic E-state index is 6.11. The molecule has 1 aromatic heterocycles. The molecule has 0 amide bonds. The van der Waals surface area contributed by atoms with Gasteiger partial charge in [-0.15, -0.1) is 6.58 Å². The van der Waals surface area contributed by atoms with Crippen LogP contribution in [0.1, 0.15) is 41.3 Å². The number of halogens is 1. The minimum absolute atomic E-state index is 0.356. The first-order chi connectivity index (χ1) is 9.79. The zero-order valence-corrected chi connectivity index (χ0v) is 12.1. The summed E-state index contributed by atoms with van der Waals surface area (Å²) in [5.41, 5.74) is 4.83. The van der Waals surface area contributed by atoms with Gasteiger partial charge in [-0.1, -0.05) is 36.4 Å². The molecule has 0 bridgehead atoms. The van der Waals surface area contributed by atoms with Gasteiger partial charge in [0.25, 0.3) is 0 Å². The number of fused-ring (bicyclic) bond motifs is 1. The van der Waals surface area contributed by atoms with Gasteiger partial charge in [0.1, 0.15) is 0 Å². The van der Waals surface area contributed by atoms with E-state index in [1.807, 2.05) is 12.1 Å². The van der Waals surface area contributed by atoms with E-state index in [1.54, 1.807) is 0 Å². The summed E-state index contributed by atoms with van der Waals surface area (Å²) in [5.74, 6) is 0.356. The van der Waals surface area contributed by atoms with E-state index < -0.39 is 0 Å². The minimum atomic E-state index is 0.356. The van der Waals surface area contributed by atoms with E-state index in [1.165, 1.54) is 11.1 Å². The Hall–Kier alpha value is -1.67. The summed E-state index contributed by atoms with van der Waals surface area (Å²) in [6.07, 6.45) is 5.88. The minimum Gasteiger partial charge on any atom is -0.223 e. The van der Waals surface area contributed by atoms with Crippen LogP contribution in [0.4, 0.5) is 0 Å². The summed E-state index contributed by atoms with van der Waals surface area (Å²) < 4.78 is 0. The van der Waals surface area contributed by atoms with E-state index in [9.17, 15) is 0 Å². The van der Waals surface area contributed by atoms with Crippen molar-refractivity contribution in [3.8, 4) is 0 Å². The van der Waals surface area contributed by atoms with Crippen LogP contribution in [0.5, 0.6) is 0 Å². The molecule has 20 heavy (non-hydrogen) atoms. The molecule has 3 heteroatoms. The molecule has 0 radical (unpaired) electrons. The van der Waals surface area contributed by atoms with E-state index in [-0.39, 0.29) is 0 Å². The lowest BCUT2D eigenvalue weighted by molar-refractivity contribution is 0.771. The number of allylic oxidation sites excluding steroid dienone is 1. The Morgan fingerprint density at radius 1 is 1.25 bits per heavy atom. The first-order valence-corrected chi connectivity index (χ1v) is 7.38. The summed E-state index contributed by atoms with van der Waals surface area (Å²) >= 11 is 6.11. The number of benzene rings is 1. The molecule has 0 saturated carbocycles. The van der Waals surface area contributed by atoms with Crippen molar-refractivity contribution < 1.29 is 0 Å². The average Bonchev–Trinajstić information content (AvgIpc) is 2.89. The fraction of sp³-hybridized carbons (Fsp3) is 0.294. The van der Waals surface area contributed by atoms with Gasteiger partial charge < -0.3 is 0 Å². The first-order valence-electron chi connectivity index (χ1n) is 7.00. The molecule has 0 spiro atoms. The molecule has 1 aliphatic rings. The molecule has 0 aliphatic heterocycles. The number of hydrogen-bond donors (Lipinski definition) is 0. The van der Waals surface area contributed by atoms with Gasteiger partial charge in [0.05, 0.1) is 5.69 Å². The molecule has 1 unspecified atom stereocenters. The van der Waals surface area contributed by atoms with Crippen LogP contribution in [-0.2, 0) is 12.8 Å². The van der Waals surface area contributed by atoms with Crippen molar-refractivity contribution in [2.24, 2.45) is 0 Å². The van der Waals surface area contributed by atoms with Gasteiger partial charge >= 0.3 is 0 Å². The molecule has 2 nitrogen and oxygen atoms in total. The van der Waals surface area contributed by atoms with Crippen molar-refractivity contribution in [1.29, 1.82) is 0 Å². The van der Waals surface area contributed by atoms with Crippen LogP contribution in [-0.4, -0.2) is 9.97 Å². The SMILES string of the molecule is C=CCCc1nc(Cl)nc2c1CCC2c1ccccc1. The lowest BCUT2D eigenvalue weighted by atomic mass is 9.96. The van der Waals surface area contributed by atoms with Crippen molar-refractivity contribution in [1.82, 2.24) is 9.97 Å². The van der Waals surface area contributed by atoms with Gasteiger partial charge in [-0.05, 0) is 48.4 Å². The lowest BCUT2D eigenvalue weighted by Gasteiger charge is -2.12. The Kier molecular flexibility index (Phi) is 3.83. The van der Waals surface area contributed by atoms with E-state index in [0.29, 0.717) is 11.2 Å². The summed E-state index contributed by atoms with van der Waals surface area (Å²) in [6, 6.07) is 10.5. The van der Waals surface area contributed by atoms with Crippen LogP contribution in [0.25, 0.3) is 0 Å². The highest BCUT2D eigenvalue weighted by Gasteiger charge is 2.28. The van der Waals surface area contributed by atoms with Crippen LogP contribution in [0, 0.1) is 0 Å². The van der Waals surface area contributed by atoms with Crippen LogP contribution < -0.4 is 0 Å². The summed E-state index contributed by atoms with van der Waals surface area (Å²) in [4.78, 5) is 8.93. The zero-order chi connectivity index (χ0) is 13.9. The number of hydrogen-bond acceptors (Lipinski definition) is 2. The monoisotopic (exact) mass is 284 g/mol. The molecule has 0 fully saturated rings. The smallest absolute Gasteiger partial charge is 0.222 e. The topological polar surface area (TPSA) is 25.8 Å². The highest BCUT2D eigenvalue weighted by molar-refractivity contribution is 6.28. The Bertz CT molecular complexity index is 622. The van der Waals surface area contributed by atoms with E-state index in [2.05, 4.69) is 40.8 Å². The molecule has 1 aliphatic carbocycles. The van der Waals surface area contributed by atoms with Gasteiger partial charge in [0.2, 0.25) is 5.28 Å². The van der Waals surface area contributed by atoms with Crippen molar-refractivity contribution in [3.63, 3.8) is 0 Å². The molecule has 0 saturated heterocycles. The number of aryl methyl sites for hydroxylation is 1. The predicted octanol–water partition coefficient (Wildman–Crippen LogP) is 4.33. The second kappa shape index (κ2) is 5.76. The van der Waals surface area contributed by atoms with E-state index >= 15 is 0 Å². The normalized spacial score (nSPS) is 16.9. The molecule has 1 heterocycles. The first kappa shape index (κ1) is 13.3. The summed E-state index contributed by atoms with van der Waals surface area (Å²) in [7, 11) is 0. The molecule has 1 aromatic carbocycles. The highest BCUT2D eigenvalue weighted by atomic mass is 35.5. The van der Waals surface area contributed by atoms with Crippen molar-refractivity contribution in [2.75, 3.05) is 0 Å². The van der Waals surface area contributed by atoms with Crippen LogP contribution in [0.15, 0.2) is 43.0 Å². The summed E-state index contributed by atoms with van der Waals surface area (Å²) in [6.45, 7) is 3.78. The number of aromatic nitrogens is 2. The van der Waals surface area contributed by atoms with Gasteiger partial charge in [-0.25, -0.2) is 9.97 Å². The Labute approximate surface area is 124 Å². The Balaban J connectivity index is 2.01. The molecule has 0 N–H and O–H groups in total. The second-order valence-corrected chi connectivity index (χ2v) is 5.47. The standard InChI is InChI=1S/C17H17ClN2/c1-2-3-9-15-14-11-10-13(12-7-5-4-6-8-12)16(14)20-17(18)19-15/h2,4-8,13H,1,3,9-11H2. The van der Waals surface area contributed by atoms with Gasteiger partial charge in [0, 0.05) is 11.6 Å². The van der Waals surface area contributed by atoms with Crippen LogP contribution in [0.2, 0.25) is 5.28 Å². The van der Waals surface area contributed by atoms with Crippen LogP contribution in [0.3, 0.4) is 0 Å². The van der Waals surface area contributed by atoms with Crippen molar-refractivity contribution in [2.45, 2.75) is 31.6 Å². The van der Waals surface area contributed by atoms with E-state index in [4.69, 9.17) is 11.6 Å². The molecule has 102 valence electrons. The third-order valence-corrected chi connectivity index (χ3v) is 4.07.